The lowest BCUT2D eigenvalue weighted by Gasteiger charge is -2.38. The van der Waals surface area contributed by atoms with Crippen molar-refractivity contribution in [2.75, 3.05) is 0 Å². The van der Waals surface area contributed by atoms with Crippen LogP contribution >= 0.6 is 0 Å². The third-order valence-corrected chi connectivity index (χ3v) is 7.59. The van der Waals surface area contributed by atoms with Crippen LogP contribution in [0.4, 0.5) is 22.0 Å². The molecule has 2 fully saturated rings. The third kappa shape index (κ3) is 4.79. The minimum Gasteiger partial charge on any atom is -0.454 e. The Balaban J connectivity index is 1.45. The molecule has 174 valence electrons. The first-order valence-electron chi connectivity index (χ1n) is 11.7. The highest BCUT2D eigenvalue weighted by atomic mass is 19.2. The third-order valence-electron chi connectivity index (χ3n) is 7.59. The summed E-state index contributed by atoms with van der Waals surface area (Å²) >= 11 is 0. The zero-order chi connectivity index (χ0) is 22.8. The highest BCUT2D eigenvalue weighted by Crippen LogP contribution is 2.46. The molecule has 0 aromatic heterocycles. The smallest absolute Gasteiger partial charge is 0.194 e. The van der Waals surface area contributed by atoms with Gasteiger partial charge >= 0.3 is 0 Å². The molecular weight excluding hydrogens is 423 g/mol. The Bertz CT molecular complexity index is 920. The van der Waals surface area contributed by atoms with E-state index in [1.165, 1.54) is 32.1 Å². The van der Waals surface area contributed by atoms with E-state index in [9.17, 15) is 17.6 Å². The summed E-state index contributed by atoms with van der Waals surface area (Å²) in [7, 11) is 0. The Labute approximate surface area is 186 Å². The molecule has 0 atom stereocenters. The van der Waals surface area contributed by atoms with Gasteiger partial charge < -0.3 is 4.74 Å². The molecule has 0 unspecified atom stereocenters. The van der Waals surface area contributed by atoms with Gasteiger partial charge in [0.2, 0.25) is 0 Å². The van der Waals surface area contributed by atoms with Crippen LogP contribution in [-0.2, 0) is 0 Å². The predicted molar refractivity (Wildman–Crippen MR) is 113 cm³/mol. The van der Waals surface area contributed by atoms with Crippen molar-refractivity contribution < 1.29 is 26.7 Å². The molecule has 0 spiro atoms. The quantitative estimate of drug-likeness (QED) is 0.326. The zero-order valence-corrected chi connectivity index (χ0v) is 18.3. The molecule has 6 heteroatoms. The van der Waals surface area contributed by atoms with E-state index in [0.717, 1.165) is 30.9 Å². The van der Waals surface area contributed by atoms with Gasteiger partial charge in [0.15, 0.2) is 29.0 Å². The molecule has 0 radical (unpaired) electrons. The largest absolute Gasteiger partial charge is 0.454 e. The first-order chi connectivity index (χ1) is 15.4. The van der Waals surface area contributed by atoms with Crippen LogP contribution in [0, 0.1) is 46.8 Å². The number of rotatable bonds is 5. The standard InChI is InChI=1S/C26H29F5O/c1-2-15-3-5-16(6-4-15)17-7-9-18(10-8-17)24-20(27)11-12-23(26(24)31)32-19-13-21(28)25(30)22(29)14-19/h11-18H,2-10H2,1H3. The molecule has 4 rings (SSSR count). The monoisotopic (exact) mass is 452 g/mol. The van der Waals surface area contributed by atoms with Crippen molar-refractivity contribution in [3.05, 3.63) is 58.9 Å². The fraction of sp³-hybridized carbons (Fsp3) is 0.538. The molecular formula is C26H29F5O. The summed E-state index contributed by atoms with van der Waals surface area (Å²) in [6.45, 7) is 2.25. The van der Waals surface area contributed by atoms with Crippen molar-refractivity contribution >= 4 is 0 Å². The summed E-state index contributed by atoms with van der Waals surface area (Å²) in [5.74, 6) is -4.80. The lowest BCUT2D eigenvalue weighted by molar-refractivity contribution is 0.157. The van der Waals surface area contributed by atoms with Crippen molar-refractivity contribution in [1.82, 2.24) is 0 Å². The fourth-order valence-electron chi connectivity index (χ4n) is 5.67. The summed E-state index contributed by atoms with van der Waals surface area (Å²) in [6, 6.07) is 3.48. The van der Waals surface area contributed by atoms with Gasteiger partial charge in [-0.2, -0.15) is 0 Å². The lowest BCUT2D eigenvalue weighted by Crippen LogP contribution is -2.25. The molecule has 2 saturated carbocycles. The minimum atomic E-state index is -1.63. The van der Waals surface area contributed by atoms with Crippen LogP contribution in [0.5, 0.6) is 11.5 Å². The van der Waals surface area contributed by atoms with E-state index in [1.54, 1.807) is 0 Å². The Kier molecular flexibility index (Phi) is 7.06. The molecule has 2 aliphatic rings. The number of hydrogen-bond acceptors (Lipinski definition) is 1. The molecule has 1 nitrogen and oxygen atoms in total. The van der Waals surface area contributed by atoms with Gasteiger partial charge in [-0.3, -0.25) is 0 Å². The predicted octanol–water partition coefficient (Wildman–Crippen LogP) is 8.66. The van der Waals surface area contributed by atoms with Crippen LogP contribution < -0.4 is 4.74 Å². The van der Waals surface area contributed by atoms with Gasteiger partial charge in [0, 0.05) is 17.7 Å². The summed E-state index contributed by atoms with van der Waals surface area (Å²) in [5.41, 5.74) is -0.0290. The minimum absolute atomic E-state index is 0.0290. The average Bonchev–Trinajstić information content (AvgIpc) is 2.80. The van der Waals surface area contributed by atoms with E-state index < -0.39 is 29.1 Å². The molecule has 0 amide bonds. The molecule has 0 heterocycles. The van der Waals surface area contributed by atoms with Crippen molar-refractivity contribution in [3.8, 4) is 11.5 Å². The zero-order valence-electron chi connectivity index (χ0n) is 18.3. The van der Waals surface area contributed by atoms with E-state index in [1.807, 2.05) is 0 Å². The molecule has 0 N–H and O–H groups in total. The summed E-state index contributed by atoms with van der Waals surface area (Å²) in [4.78, 5) is 0. The van der Waals surface area contributed by atoms with E-state index in [-0.39, 0.29) is 23.0 Å². The van der Waals surface area contributed by atoms with Crippen molar-refractivity contribution in [3.63, 3.8) is 0 Å². The first-order valence-corrected chi connectivity index (χ1v) is 11.7. The maximum Gasteiger partial charge on any atom is 0.194 e. The fourth-order valence-corrected chi connectivity index (χ4v) is 5.67. The number of ether oxygens (including phenoxy) is 1. The van der Waals surface area contributed by atoms with E-state index in [2.05, 4.69) is 6.92 Å². The average molecular weight is 453 g/mol. The van der Waals surface area contributed by atoms with Gasteiger partial charge in [0.05, 0.1) is 0 Å². The van der Waals surface area contributed by atoms with Gasteiger partial charge in [-0.1, -0.05) is 26.2 Å². The second-order valence-corrected chi connectivity index (χ2v) is 9.38. The maximum atomic E-state index is 15.2. The van der Waals surface area contributed by atoms with Crippen molar-refractivity contribution in [1.29, 1.82) is 0 Å². The van der Waals surface area contributed by atoms with Crippen molar-refractivity contribution in [2.24, 2.45) is 17.8 Å². The van der Waals surface area contributed by atoms with Crippen LogP contribution in [0.1, 0.15) is 76.2 Å². The molecule has 2 aromatic rings. The van der Waals surface area contributed by atoms with E-state index in [0.29, 0.717) is 36.8 Å². The van der Waals surface area contributed by atoms with Gasteiger partial charge in [0.1, 0.15) is 11.6 Å². The van der Waals surface area contributed by atoms with Crippen LogP contribution in [0.3, 0.4) is 0 Å². The lowest BCUT2D eigenvalue weighted by atomic mass is 9.68. The Hall–Kier alpha value is -2.11. The van der Waals surface area contributed by atoms with Crippen LogP contribution in [0.25, 0.3) is 0 Å². The second kappa shape index (κ2) is 9.80. The highest BCUT2D eigenvalue weighted by Gasteiger charge is 2.33. The molecule has 0 saturated heterocycles. The number of hydrogen-bond donors (Lipinski definition) is 0. The normalized spacial score (nSPS) is 26.2. The highest BCUT2D eigenvalue weighted by molar-refractivity contribution is 5.38. The Morgan fingerprint density at radius 1 is 0.719 bits per heavy atom. The molecule has 32 heavy (non-hydrogen) atoms. The number of benzene rings is 2. The molecule has 2 aromatic carbocycles. The topological polar surface area (TPSA) is 9.23 Å². The van der Waals surface area contributed by atoms with Gasteiger partial charge in [-0.25, -0.2) is 22.0 Å². The summed E-state index contributed by atoms with van der Waals surface area (Å²) in [5, 5.41) is 0. The Morgan fingerprint density at radius 3 is 1.84 bits per heavy atom. The number of halogens is 5. The summed E-state index contributed by atoms with van der Waals surface area (Å²) < 4.78 is 75.1. The van der Waals surface area contributed by atoms with Gasteiger partial charge in [-0.15, -0.1) is 0 Å². The molecule has 2 aliphatic carbocycles. The summed E-state index contributed by atoms with van der Waals surface area (Å²) in [6.07, 6.45) is 9.63. The second-order valence-electron chi connectivity index (χ2n) is 9.38. The molecule has 0 bridgehead atoms. The van der Waals surface area contributed by atoms with Crippen molar-refractivity contribution in [2.45, 2.75) is 70.6 Å². The van der Waals surface area contributed by atoms with Crippen LogP contribution in [0.2, 0.25) is 0 Å². The van der Waals surface area contributed by atoms with E-state index >= 15 is 4.39 Å². The van der Waals surface area contributed by atoms with Gasteiger partial charge in [0.25, 0.3) is 0 Å². The maximum absolute atomic E-state index is 15.2. The van der Waals surface area contributed by atoms with Crippen LogP contribution in [0.15, 0.2) is 24.3 Å². The van der Waals surface area contributed by atoms with Gasteiger partial charge in [-0.05, 0) is 74.3 Å². The van der Waals surface area contributed by atoms with Crippen LogP contribution in [-0.4, -0.2) is 0 Å². The first kappa shape index (κ1) is 23.1. The SMILES string of the molecule is CCC1CCC(C2CCC(c3c(F)ccc(Oc4cc(F)c(F)c(F)c4)c3F)CC2)CC1. The van der Waals surface area contributed by atoms with E-state index in [4.69, 9.17) is 4.74 Å². The Morgan fingerprint density at radius 2 is 1.28 bits per heavy atom. The molecule has 0 aliphatic heterocycles.